The maximum atomic E-state index is 12.4. The molecule has 11 heavy (non-hydrogen) atoms. The zero-order valence-corrected chi connectivity index (χ0v) is 5.74. The van der Waals surface area contributed by atoms with Crippen LogP contribution in [-0.4, -0.2) is 21.8 Å². The number of pyridine rings is 1. The second-order valence-corrected chi connectivity index (χ2v) is 2.10. The van der Waals surface area contributed by atoms with Crippen LogP contribution in [0.3, 0.4) is 0 Å². The standard InChI is InChI=1S/C7H8FNO2/c8-5-1-2-9-6(3-5)7(11)4-10/h1-3,7,10-11H,4H2. The van der Waals surface area contributed by atoms with E-state index in [2.05, 4.69) is 4.98 Å². The summed E-state index contributed by atoms with van der Waals surface area (Å²) in [6.45, 7) is -0.448. The van der Waals surface area contributed by atoms with Gasteiger partial charge in [-0.05, 0) is 12.1 Å². The lowest BCUT2D eigenvalue weighted by atomic mass is 10.2. The Kier molecular flexibility index (Phi) is 2.51. The molecule has 3 nitrogen and oxygen atoms in total. The molecule has 1 atom stereocenters. The number of hydrogen-bond acceptors (Lipinski definition) is 3. The molecule has 0 bridgehead atoms. The van der Waals surface area contributed by atoms with Crippen molar-refractivity contribution in [3.05, 3.63) is 29.8 Å². The van der Waals surface area contributed by atoms with Gasteiger partial charge in [-0.15, -0.1) is 0 Å². The third-order valence-electron chi connectivity index (χ3n) is 1.26. The van der Waals surface area contributed by atoms with E-state index >= 15 is 0 Å². The van der Waals surface area contributed by atoms with E-state index in [-0.39, 0.29) is 5.69 Å². The highest BCUT2D eigenvalue weighted by molar-refractivity contribution is 5.08. The minimum absolute atomic E-state index is 0.146. The van der Waals surface area contributed by atoms with Crippen molar-refractivity contribution in [3.63, 3.8) is 0 Å². The zero-order valence-electron chi connectivity index (χ0n) is 5.74. The first-order valence-corrected chi connectivity index (χ1v) is 3.14. The van der Waals surface area contributed by atoms with Gasteiger partial charge in [-0.1, -0.05) is 0 Å². The Balaban J connectivity index is 2.86. The molecule has 2 N–H and O–H groups in total. The Hall–Kier alpha value is -1.00. The van der Waals surface area contributed by atoms with Crippen molar-refractivity contribution in [3.8, 4) is 0 Å². The van der Waals surface area contributed by atoms with Crippen molar-refractivity contribution in [2.75, 3.05) is 6.61 Å². The van der Waals surface area contributed by atoms with Crippen LogP contribution in [-0.2, 0) is 0 Å². The van der Waals surface area contributed by atoms with Gasteiger partial charge in [0, 0.05) is 6.20 Å². The van der Waals surface area contributed by atoms with E-state index in [0.29, 0.717) is 0 Å². The maximum Gasteiger partial charge on any atom is 0.126 e. The van der Waals surface area contributed by atoms with E-state index in [4.69, 9.17) is 10.2 Å². The molecule has 0 saturated heterocycles. The lowest BCUT2D eigenvalue weighted by Gasteiger charge is -2.04. The SMILES string of the molecule is OCC(O)c1cc(F)ccn1. The predicted molar refractivity (Wildman–Crippen MR) is 36.2 cm³/mol. The summed E-state index contributed by atoms with van der Waals surface area (Å²) in [5, 5.41) is 17.4. The Morgan fingerprint density at radius 3 is 2.91 bits per heavy atom. The van der Waals surface area contributed by atoms with Crippen LogP contribution >= 0.6 is 0 Å². The molecule has 1 rings (SSSR count). The Labute approximate surface area is 63.1 Å². The number of halogens is 1. The first-order valence-electron chi connectivity index (χ1n) is 3.14. The highest BCUT2D eigenvalue weighted by Crippen LogP contribution is 2.08. The Morgan fingerprint density at radius 1 is 1.64 bits per heavy atom. The molecule has 0 amide bonds. The van der Waals surface area contributed by atoms with Crippen molar-refractivity contribution in [1.82, 2.24) is 4.98 Å². The number of aromatic nitrogens is 1. The van der Waals surface area contributed by atoms with Gasteiger partial charge in [0.25, 0.3) is 0 Å². The summed E-state index contributed by atoms with van der Waals surface area (Å²) in [6.07, 6.45) is 0.148. The number of hydrogen-bond donors (Lipinski definition) is 2. The fraction of sp³-hybridized carbons (Fsp3) is 0.286. The number of aliphatic hydroxyl groups excluding tert-OH is 2. The van der Waals surface area contributed by atoms with Crippen LogP contribution in [0, 0.1) is 5.82 Å². The third-order valence-corrected chi connectivity index (χ3v) is 1.26. The average Bonchev–Trinajstić information content (AvgIpc) is 2.03. The van der Waals surface area contributed by atoms with Gasteiger partial charge >= 0.3 is 0 Å². The monoisotopic (exact) mass is 157 g/mol. The van der Waals surface area contributed by atoms with Crippen LogP contribution in [0.5, 0.6) is 0 Å². The molecule has 0 aliphatic rings. The second kappa shape index (κ2) is 3.41. The second-order valence-electron chi connectivity index (χ2n) is 2.10. The van der Waals surface area contributed by atoms with E-state index < -0.39 is 18.5 Å². The Morgan fingerprint density at radius 2 is 2.36 bits per heavy atom. The van der Waals surface area contributed by atoms with Crippen LogP contribution in [0.2, 0.25) is 0 Å². The van der Waals surface area contributed by atoms with Gasteiger partial charge in [-0.25, -0.2) is 4.39 Å². The largest absolute Gasteiger partial charge is 0.393 e. The third kappa shape index (κ3) is 1.96. The van der Waals surface area contributed by atoms with Gasteiger partial charge in [0.15, 0.2) is 0 Å². The van der Waals surface area contributed by atoms with Gasteiger partial charge in [0.1, 0.15) is 11.9 Å². The van der Waals surface area contributed by atoms with Gasteiger partial charge in [0.2, 0.25) is 0 Å². The normalized spacial score (nSPS) is 13.0. The highest BCUT2D eigenvalue weighted by Gasteiger charge is 2.06. The molecular weight excluding hydrogens is 149 g/mol. The molecule has 1 aromatic rings. The van der Waals surface area contributed by atoms with E-state index in [1.165, 1.54) is 12.3 Å². The Bertz CT molecular complexity index is 242. The summed E-state index contributed by atoms with van der Waals surface area (Å²) in [7, 11) is 0. The molecule has 60 valence electrons. The fourth-order valence-electron chi connectivity index (χ4n) is 0.697. The van der Waals surface area contributed by atoms with Crippen LogP contribution in [0.4, 0.5) is 4.39 Å². The summed E-state index contributed by atoms with van der Waals surface area (Å²) in [6, 6.07) is 2.26. The van der Waals surface area contributed by atoms with E-state index in [1.807, 2.05) is 0 Å². The average molecular weight is 157 g/mol. The molecule has 0 aliphatic heterocycles. The zero-order chi connectivity index (χ0) is 8.27. The summed E-state index contributed by atoms with van der Waals surface area (Å²) in [4.78, 5) is 3.66. The highest BCUT2D eigenvalue weighted by atomic mass is 19.1. The molecular formula is C7H8FNO2. The van der Waals surface area contributed by atoms with Crippen LogP contribution in [0.1, 0.15) is 11.8 Å². The van der Waals surface area contributed by atoms with Gasteiger partial charge in [-0.3, -0.25) is 4.98 Å². The lowest BCUT2D eigenvalue weighted by Crippen LogP contribution is -2.04. The maximum absolute atomic E-state index is 12.4. The van der Waals surface area contributed by atoms with Crippen molar-refractivity contribution >= 4 is 0 Å². The number of rotatable bonds is 2. The van der Waals surface area contributed by atoms with Gasteiger partial charge in [0.05, 0.1) is 12.3 Å². The molecule has 4 heteroatoms. The van der Waals surface area contributed by atoms with Gasteiger partial charge in [-0.2, -0.15) is 0 Å². The summed E-state index contributed by atoms with van der Waals surface area (Å²) < 4.78 is 12.4. The van der Waals surface area contributed by atoms with Crippen molar-refractivity contribution in [2.45, 2.75) is 6.10 Å². The molecule has 0 fully saturated rings. The fourth-order valence-corrected chi connectivity index (χ4v) is 0.697. The van der Waals surface area contributed by atoms with Crippen molar-refractivity contribution < 1.29 is 14.6 Å². The quantitative estimate of drug-likeness (QED) is 0.646. The summed E-state index contributed by atoms with van der Waals surface area (Å²) in [5.74, 6) is -0.470. The molecule has 0 aromatic carbocycles. The molecule has 0 saturated carbocycles. The van der Waals surface area contributed by atoms with Crippen molar-refractivity contribution in [2.24, 2.45) is 0 Å². The van der Waals surface area contributed by atoms with Crippen molar-refractivity contribution in [1.29, 1.82) is 0 Å². The number of aliphatic hydroxyl groups is 2. The lowest BCUT2D eigenvalue weighted by molar-refractivity contribution is 0.0920. The smallest absolute Gasteiger partial charge is 0.126 e. The van der Waals surface area contributed by atoms with Crippen LogP contribution < -0.4 is 0 Å². The summed E-state index contributed by atoms with van der Waals surface area (Å²) >= 11 is 0. The molecule has 0 radical (unpaired) electrons. The molecule has 1 unspecified atom stereocenters. The first-order chi connectivity index (χ1) is 5.24. The van der Waals surface area contributed by atoms with E-state index in [9.17, 15) is 4.39 Å². The summed E-state index contributed by atoms with van der Waals surface area (Å²) in [5.41, 5.74) is 0.146. The van der Waals surface area contributed by atoms with Crippen LogP contribution in [0.15, 0.2) is 18.3 Å². The molecule has 0 spiro atoms. The van der Waals surface area contributed by atoms with Crippen LogP contribution in [0.25, 0.3) is 0 Å². The minimum Gasteiger partial charge on any atom is -0.393 e. The van der Waals surface area contributed by atoms with E-state index in [0.717, 1.165) is 6.07 Å². The minimum atomic E-state index is -1.09. The molecule has 1 heterocycles. The predicted octanol–water partition coefficient (Wildman–Crippen LogP) is 0.246. The molecule has 1 aromatic heterocycles. The first kappa shape index (κ1) is 8.10. The van der Waals surface area contributed by atoms with E-state index in [1.54, 1.807) is 0 Å². The molecule has 0 aliphatic carbocycles. The number of nitrogens with zero attached hydrogens (tertiary/aromatic N) is 1. The van der Waals surface area contributed by atoms with Gasteiger partial charge < -0.3 is 10.2 Å². The topological polar surface area (TPSA) is 53.4 Å².